The zero-order valence-electron chi connectivity index (χ0n) is 16.9. The molecule has 6 nitrogen and oxygen atoms in total. The molecule has 0 fully saturated rings. The zero-order valence-corrected chi connectivity index (χ0v) is 16.9. The van der Waals surface area contributed by atoms with E-state index in [0.29, 0.717) is 5.56 Å². The minimum atomic E-state index is -0.557. The Morgan fingerprint density at radius 1 is 0.862 bits per heavy atom. The summed E-state index contributed by atoms with van der Waals surface area (Å²) >= 11 is 0. The molecule has 2 rings (SSSR count). The van der Waals surface area contributed by atoms with Crippen molar-refractivity contribution in [2.45, 2.75) is 45.2 Å². The van der Waals surface area contributed by atoms with E-state index in [0.717, 1.165) is 18.4 Å². The van der Waals surface area contributed by atoms with Gasteiger partial charge in [0.05, 0.1) is 12.5 Å². The van der Waals surface area contributed by atoms with Gasteiger partial charge in [-0.15, -0.1) is 0 Å². The van der Waals surface area contributed by atoms with E-state index in [1.165, 1.54) is 0 Å². The first-order valence-corrected chi connectivity index (χ1v) is 9.89. The van der Waals surface area contributed by atoms with Crippen LogP contribution in [-0.4, -0.2) is 30.4 Å². The molecule has 0 bridgehead atoms. The van der Waals surface area contributed by atoms with Crippen LogP contribution >= 0.6 is 0 Å². The van der Waals surface area contributed by atoms with E-state index in [1.54, 1.807) is 24.3 Å². The number of benzene rings is 2. The van der Waals surface area contributed by atoms with Gasteiger partial charge < -0.3 is 15.4 Å². The van der Waals surface area contributed by atoms with Crippen LogP contribution in [0.25, 0.3) is 0 Å². The molecule has 0 saturated carbocycles. The standard InChI is InChI=1S/C23H28N2O4/c1-3-19(4-2)24-21(26)16-29-22(27)15-20(17-11-7-5-8-12-17)25-23(28)18-13-9-6-10-14-18/h5-14,19-20H,3-4,15-16H2,1-2H3,(H,24,26)(H,25,28). The largest absolute Gasteiger partial charge is 0.456 e. The predicted molar refractivity (Wildman–Crippen MR) is 111 cm³/mol. The van der Waals surface area contributed by atoms with Crippen LogP contribution in [0.5, 0.6) is 0 Å². The molecule has 0 aliphatic rings. The van der Waals surface area contributed by atoms with Crippen molar-refractivity contribution >= 4 is 17.8 Å². The van der Waals surface area contributed by atoms with E-state index in [9.17, 15) is 14.4 Å². The lowest BCUT2D eigenvalue weighted by Crippen LogP contribution is -2.37. The maximum Gasteiger partial charge on any atom is 0.308 e. The minimum Gasteiger partial charge on any atom is -0.456 e. The first kappa shape index (κ1) is 22.1. The lowest BCUT2D eigenvalue weighted by Gasteiger charge is -2.19. The number of carbonyl (C=O) groups excluding carboxylic acids is 3. The molecule has 2 N–H and O–H groups in total. The third-order valence-electron chi connectivity index (χ3n) is 4.63. The topological polar surface area (TPSA) is 84.5 Å². The van der Waals surface area contributed by atoms with Gasteiger partial charge in [-0.2, -0.15) is 0 Å². The summed E-state index contributed by atoms with van der Waals surface area (Å²) in [6, 6.07) is 17.5. The molecule has 0 aliphatic heterocycles. The monoisotopic (exact) mass is 396 g/mol. The average molecular weight is 396 g/mol. The van der Waals surface area contributed by atoms with E-state index in [4.69, 9.17) is 4.74 Å². The van der Waals surface area contributed by atoms with Crippen LogP contribution in [-0.2, 0) is 14.3 Å². The van der Waals surface area contributed by atoms with Crippen molar-refractivity contribution in [2.24, 2.45) is 0 Å². The molecule has 2 aromatic rings. The van der Waals surface area contributed by atoms with E-state index < -0.39 is 12.0 Å². The SMILES string of the molecule is CCC(CC)NC(=O)COC(=O)CC(NC(=O)c1ccccc1)c1ccccc1. The van der Waals surface area contributed by atoms with Gasteiger partial charge in [-0.3, -0.25) is 14.4 Å². The highest BCUT2D eigenvalue weighted by atomic mass is 16.5. The summed E-state index contributed by atoms with van der Waals surface area (Å²) in [5.74, 6) is -1.15. The Morgan fingerprint density at radius 2 is 1.45 bits per heavy atom. The molecule has 0 radical (unpaired) electrons. The zero-order chi connectivity index (χ0) is 21.1. The molecule has 1 unspecified atom stereocenters. The Morgan fingerprint density at radius 3 is 2.03 bits per heavy atom. The average Bonchev–Trinajstić information content (AvgIpc) is 2.76. The number of nitrogens with one attached hydrogen (secondary N) is 2. The Balaban J connectivity index is 1.98. The first-order valence-electron chi connectivity index (χ1n) is 9.89. The van der Waals surface area contributed by atoms with E-state index in [2.05, 4.69) is 10.6 Å². The fourth-order valence-electron chi connectivity index (χ4n) is 2.90. The summed E-state index contributed by atoms with van der Waals surface area (Å²) in [4.78, 5) is 36.8. The smallest absolute Gasteiger partial charge is 0.308 e. The Bertz CT molecular complexity index is 789. The van der Waals surface area contributed by atoms with Crippen molar-refractivity contribution in [1.29, 1.82) is 0 Å². The van der Waals surface area contributed by atoms with Gasteiger partial charge in [0.25, 0.3) is 11.8 Å². The number of rotatable bonds is 10. The fourth-order valence-corrected chi connectivity index (χ4v) is 2.90. The van der Waals surface area contributed by atoms with Crippen molar-refractivity contribution < 1.29 is 19.1 Å². The quantitative estimate of drug-likeness (QED) is 0.603. The lowest BCUT2D eigenvalue weighted by molar-refractivity contribution is -0.149. The number of amides is 2. The number of hydrogen-bond donors (Lipinski definition) is 2. The van der Waals surface area contributed by atoms with Gasteiger partial charge in [-0.25, -0.2) is 0 Å². The predicted octanol–water partition coefficient (Wildman–Crippen LogP) is 3.40. The summed E-state index contributed by atoms with van der Waals surface area (Å²) in [5, 5.41) is 5.70. The number of carbonyl (C=O) groups is 3. The van der Waals surface area contributed by atoms with Gasteiger partial charge in [0, 0.05) is 11.6 Å². The minimum absolute atomic E-state index is 0.0686. The number of esters is 1. The molecule has 0 saturated heterocycles. The van der Waals surface area contributed by atoms with Crippen molar-refractivity contribution in [2.75, 3.05) is 6.61 Å². The maximum atomic E-state index is 12.5. The van der Waals surface area contributed by atoms with Crippen molar-refractivity contribution in [3.05, 3.63) is 71.8 Å². The first-order chi connectivity index (χ1) is 14.0. The summed E-state index contributed by atoms with van der Waals surface area (Å²) in [5.41, 5.74) is 1.29. The molecule has 0 heterocycles. The molecule has 0 aliphatic carbocycles. The van der Waals surface area contributed by atoms with E-state index >= 15 is 0 Å². The van der Waals surface area contributed by atoms with E-state index in [1.807, 2.05) is 50.2 Å². The van der Waals surface area contributed by atoms with Crippen molar-refractivity contribution in [1.82, 2.24) is 10.6 Å². The van der Waals surface area contributed by atoms with Gasteiger partial charge in [0.1, 0.15) is 0 Å². The van der Waals surface area contributed by atoms with Crippen molar-refractivity contribution in [3.8, 4) is 0 Å². The van der Waals surface area contributed by atoms with Gasteiger partial charge in [0.2, 0.25) is 0 Å². The number of hydrogen-bond acceptors (Lipinski definition) is 4. The lowest BCUT2D eigenvalue weighted by atomic mass is 10.0. The van der Waals surface area contributed by atoms with Crippen LogP contribution < -0.4 is 10.6 Å². The summed E-state index contributed by atoms with van der Waals surface area (Å²) in [6.45, 7) is 3.64. The molecule has 1 atom stereocenters. The highest BCUT2D eigenvalue weighted by Crippen LogP contribution is 2.18. The third kappa shape index (κ3) is 7.41. The van der Waals surface area contributed by atoms with Gasteiger partial charge in [-0.05, 0) is 30.5 Å². The maximum absolute atomic E-state index is 12.5. The second kappa shape index (κ2) is 11.6. The highest BCUT2D eigenvalue weighted by molar-refractivity contribution is 5.94. The van der Waals surface area contributed by atoms with Gasteiger partial charge >= 0.3 is 5.97 Å². The summed E-state index contributed by atoms with van der Waals surface area (Å²) in [7, 11) is 0. The molecule has 2 aromatic carbocycles. The third-order valence-corrected chi connectivity index (χ3v) is 4.63. The van der Waals surface area contributed by atoms with Crippen molar-refractivity contribution in [3.63, 3.8) is 0 Å². The van der Waals surface area contributed by atoms with E-state index in [-0.39, 0.29) is 30.9 Å². The van der Waals surface area contributed by atoms with Crippen LogP contribution in [0.15, 0.2) is 60.7 Å². The fraction of sp³-hybridized carbons (Fsp3) is 0.348. The van der Waals surface area contributed by atoms with Gasteiger partial charge in [-0.1, -0.05) is 62.4 Å². The summed E-state index contributed by atoms with van der Waals surface area (Å²) in [6.07, 6.45) is 1.57. The van der Waals surface area contributed by atoms with Crippen LogP contribution in [0.1, 0.15) is 55.1 Å². The Hall–Kier alpha value is -3.15. The molecule has 6 heteroatoms. The van der Waals surface area contributed by atoms with Crippen LogP contribution in [0, 0.1) is 0 Å². The second-order valence-corrected chi connectivity index (χ2v) is 6.75. The number of ether oxygens (including phenoxy) is 1. The Labute approximate surface area is 171 Å². The molecule has 2 amide bonds. The van der Waals surface area contributed by atoms with Crippen LogP contribution in [0.4, 0.5) is 0 Å². The molecule has 0 aromatic heterocycles. The molecular weight excluding hydrogens is 368 g/mol. The molecular formula is C23H28N2O4. The normalized spacial score (nSPS) is 11.6. The van der Waals surface area contributed by atoms with Crippen LogP contribution in [0.3, 0.4) is 0 Å². The molecule has 154 valence electrons. The second-order valence-electron chi connectivity index (χ2n) is 6.75. The van der Waals surface area contributed by atoms with Crippen LogP contribution in [0.2, 0.25) is 0 Å². The highest BCUT2D eigenvalue weighted by Gasteiger charge is 2.21. The Kier molecular flexibility index (Phi) is 8.89. The molecule has 0 spiro atoms. The van der Waals surface area contributed by atoms with Gasteiger partial charge in [0.15, 0.2) is 6.61 Å². The molecule has 29 heavy (non-hydrogen) atoms. The summed E-state index contributed by atoms with van der Waals surface area (Å²) < 4.78 is 5.13.